The minimum absolute atomic E-state index is 0.0419. The number of nitrogens with one attached hydrogen (secondary N) is 1. The van der Waals surface area contributed by atoms with Crippen molar-refractivity contribution in [3.05, 3.63) is 88.4 Å². The highest BCUT2D eigenvalue weighted by molar-refractivity contribution is 7.92. The number of halogens is 5. The van der Waals surface area contributed by atoms with E-state index in [-0.39, 0.29) is 20.6 Å². The molecule has 0 aliphatic carbocycles. The first-order valence-electron chi connectivity index (χ1n) is 8.99. The summed E-state index contributed by atoms with van der Waals surface area (Å²) in [5, 5.41) is 2.05. The number of carbonyl (C=O) groups is 1. The molecular weight excluding hydrogens is 488 g/mol. The quantitative estimate of drug-likeness (QED) is 0.459. The Morgan fingerprint density at radius 1 is 0.906 bits per heavy atom. The van der Waals surface area contributed by atoms with Gasteiger partial charge in [-0.25, -0.2) is 8.42 Å². The standard InChI is InChI=1S/C21H15Cl2F3N2O3S/c22-16-10-6-12-18(20(16)23)28(32(30,31)14-7-2-1-3-8-14)13-19(29)27-17-11-5-4-9-15(17)21(24,25)26/h1-12H,13H2,(H,27,29). The number of hydrogen-bond donors (Lipinski definition) is 1. The van der Waals surface area contributed by atoms with E-state index in [1.165, 1.54) is 54.6 Å². The fraction of sp³-hybridized carbons (Fsp3) is 0.0952. The predicted octanol–water partition coefficient (Wildman–Crippen LogP) is 5.85. The van der Waals surface area contributed by atoms with Crippen molar-refractivity contribution in [2.24, 2.45) is 0 Å². The Labute approximate surface area is 192 Å². The summed E-state index contributed by atoms with van der Waals surface area (Å²) in [4.78, 5) is 12.5. The van der Waals surface area contributed by atoms with Crippen LogP contribution in [0, 0.1) is 0 Å². The van der Waals surface area contributed by atoms with Crippen molar-refractivity contribution < 1.29 is 26.4 Å². The van der Waals surface area contributed by atoms with Crippen LogP contribution >= 0.6 is 23.2 Å². The summed E-state index contributed by atoms with van der Waals surface area (Å²) in [5.41, 5.74) is -1.66. The Hall–Kier alpha value is -2.75. The van der Waals surface area contributed by atoms with E-state index in [0.717, 1.165) is 12.1 Å². The molecule has 11 heteroatoms. The molecule has 168 valence electrons. The Bertz CT molecular complexity index is 1240. The van der Waals surface area contributed by atoms with Crippen LogP contribution in [0.15, 0.2) is 77.7 Å². The van der Waals surface area contributed by atoms with E-state index in [0.29, 0.717) is 4.31 Å². The molecule has 0 bridgehead atoms. The molecule has 0 heterocycles. The number of nitrogens with zero attached hydrogens (tertiary/aromatic N) is 1. The number of para-hydroxylation sites is 1. The van der Waals surface area contributed by atoms with Crippen molar-refractivity contribution >= 4 is 50.5 Å². The van der Waals surface area contributed by atoms with Gasteiger partial charge in [-0.2, -0.15) is 13.2 Å². The average Bonchev–Trinajstić information content (AvgIpc) is 2.74. The number of carbonyl (C=O) groups excluding carboxylic acids is 1. The lowest BCUT2D eigenvalue weighted by molar-refractivity contribution is -0.137. The number of sulfonamides is 1. The molecule has 0 radical (unpaired) electrons. The van der Waals surface area contributed by atoms with Gasteiger partial charge in [0.05, 0.1) is 31.9 Å². The molecular formula is C21H15Cl2F3N2O3S. The molecule has 0 atom stereocenters. The number of alkyl halides is 3. The van der Waals surface area contributed by atoms with Gasteiger partial charge in [0.2, 0.25) is 5.91 Å². The number of amides is 1. The van der Waals surface area contributed by atoms with Gasteiger partial charge in [0.25, 0.3) is 10.0 Å². The Kier molecular flexibility index (Phi) is 7.02. The highest BCUT2D eigenvalue weighted by Gasteiger charge is 2.34. The van der Waals surface area contributed by atoms with Crippen LogP contribution < -0.4 is 9.62 Å². The van der Waals surface area contributed by atoms with Gasteiger partial charge in [-0.05, 0) is 36.4 Å². The topological polar surface area (TPSA) is 66.5 Å². The van der Waals surface area contributed by atoms with Crippen LogP contribution in [0.25, 0.3) is 0 Å². The molecule has 32 heavy (non-hydrogen) atoms. The van der Waals surface area contributed by atoms with Crippen molar-refractivity contribution in [1.82, 2.24) is 0 Å². The molecule has 0 fully saturated rings. The SMILES string of the molecule is O=C(CN(c1cccc(Cl)c1Cl)S(=O)(=O)c1ccccc1)Nc1ccccc1C(F)(F)F. The van der Waals surface area contributed by atoms with E-state index in [4.69, 9.17) is 23.2 Å². The maximum absolute atomic E-state index is 13.3. The number of rotatable bonds is 6. The van der Waals surface area contributed by atoms with Crippen molar-refractivity contribution in [3.8, 4) is 0 Å². The van der Waals surface area contributed by atoms with E-state index >= 15 is 0 Å². The second kappa shape index (κ2) is 9.40. The fourth-order valence-electron chi connectivity index (χ4n) is 2.86. The molecule has 0 unspecified atom stereocenters. The molecule has 0 aliphatic rings. The zero-order valence-corrected chi connectivity index (χ0v) is 18.4. The number of anilines is 2. The lowest BCUT2D eigenvalue weighted by Crippen LogP contribution is -2.38. The molecule has 3 rings (SSSR count). The highest BCUT2D eigenvalue weighted by atomic mass is 35.5. The molecule has 3 aromatic carbocycles. The third-order valence-electron chi connectivity index (χ3n) is 4.32. The van der Waals surface area contributed by atoms with Gasteiger partial charge in [0.15, 0.2) is 0 Å². The van der Waals surface area contributed by atoms with Gasteiger partial charge in [0, 0.05) is 0 Å². The van der Waals surface area contributed by atoms with Gasteiger partial charge in [-0.15, -0.1) is 0 Å². The van der Waals surface area contributed by atoms with Gasteiger partial charge in [-0.1, -0.05) is 59.6 Å². The first-order chi connectivity index (χ1) is 15.0. The molecule has 3 aromatic rings. The van der Waals surface area contributed by atoms with Gasteiger partial charge in [-0.3, -0.25) is 9.10 Å². The Morgan fingerprint density at radius 2 is 1.53 bits per heavy atom. The zero-order chi connectivity index (χ0) is 23.5. The molecule has 0 aliphatic heterocycles. The van der Waals surface area contributed by atoms with Crippen LogP contribution in [-0.2, 0) is 21.0 Å². The second-order valence-electron chi connectivity index (χ2n) is 6.49. The van der Waals surface area contributed by atoms with Gasteiger partial charge >= 0.3 is 6.18 Å². The molecule has 1 N–H and O–H groups in total. The van der Waals surface area contributed by atoms with Crippen LogP contribution in [0.1, 0.15) is 5.56 Å². The van der Waals surface area contributed by atoms with Crippen LogP contribution in [0.2, 0.25) is 10.0 Å². The van der Waals surface area contributed by atoms with Gasteiger partial charge < -0.3 is 5.32 Å². The van der Waals surface area contributed by atoms with E-state index in [2.05, 4.69) is 5.32 Å². The Balaban J connectivity index is 2.01. The molecule has 0 saturated carbocycles. The molecule has 5 nitrogen and oxygen atoms in total. The normalized spacial score (nSPS) is 11.8. The first-order valence-corrected chi connectivity index (χ1v) is 11.2. The maximum atomic E-state index is 13.3. The van der Waals surface area contributed by atoms with Crippen molar-refractivity contribution in [1.29, 1.82) is 0 Å². The van der Waals surface area contributed by atoms with E-state index in [1.54, 1.807) is 6.07 Å². The molecule has 0 saturated heterocycles. The van der Waals surface area contributed by atoms with E-state index < -0.39 is 39.9 Å². The van der Waals surface area contributed by atoms with Crippen LogP contribution in [0.3, 0.4) is 0 Å². The summed E-state index contributed by atoms with van der Waals surface area (Å²) in [6, 6.07) is 15.8. The van der Waals surface area contributed by atoms with Gasteiger partial charge in [0.1, 0.15) is 6.54 Å². The lowest BCUT2D eigenvalue weighted by atomic mass is 10.1. The molecule has 0 spiro atoms. The lowest BCUT2D eigenvalue weighted by Gasteiger charge is -2.25. The summed E-state index contributed by atoms with van der Waals surface area (Å²) < 4.78 is 67.0. The number of benzene rings is 3. The van der Waals surface area contributed by atoms with E-state index in [9.17, 15) is 26.4 Å². The summed E-state index contributed by atoms with van der Waals surface area (Å²) in [7, 11) is -4.31. The maximum Gasteiger partial charge on any atom is 0.418 e. The van der Waals surface area contributed by atoms with Crippen LogP contribution in [-0.4, -0.2) is 20.9 Å². The van der Waals surface area contributed by atoms with Crippen LogP contribution in [0.5, 0.6) is 0 Å². The summed E-state index contributed by atoms with van der Waals surface area (Å²) in [6.45, 7) is -0.844. The second-order valence-corrected chi connectivity index (χ2v) is 9.14. The van der Waals surface area contributed by atoms with Crippen molar-refractivity contribution in [2.75, 3.05) is 16.2 Å². The van der Waals surface area contributed by atoms with Crippen molar-refractivity contribution in [2.45, 2.75) is 11.1 Å². The Morgan fingerprint density at radius 3 is 2.19 bits per heavy atom. The third-order valence-corrected chi connectivity index (χ3v) is 6.91. The number of hydrogen-bond acceptors (Lipinski definition) is 3. The highest BCUT2D eigenvalue weighted by Crippen LogP contribution is 2.36. The monoisotopic (exact) mass is 502 g/mol. The summed E-state index contributed by atoms with van der Waals surface area (Å²) in [5.74, 6) is -1.00. The minimum atomic E-state index is -4.71. The van der Waals surface area contributed by atoms with Crippen LogP contribution in [0.4, 0.5) is 24.5 Å². The minimum Gasteiger partial charge on any atom is -0.324 e. The zero-order valence-electron chi connectivity index (χ0n) is 16.1. The molecule has 1 amide bonds. The van der Waals surface area contributed by atoms with Crippen molar-refractivity contribution in [3.63, 3.8) is 0 Å². The summed E-state index contributed by atoms with van der Waals surface area (Å²) >= 11 is 12.2. The fourth-order valence-corrected chi connectivity index (χ4v) is 4.77. The predicted molar refractivity (Wildman–Crippen MR) is 118 cm³/mol. The largest absolute Gasteiger partial charge is 0.418 e. The third kappa shape index (κ3) is 5.17. The summed E-state index contributed by atoms with van der Waals surface area (Å²) in [6.07, 6.45) is -4.71. The molecule has 0 aromatic heterocycles. The average molecular weight is 503 g/mol. The smallest absolute Gasteiger partial charge is 0.324 e. The first kappa shape index (κ1) is 23.9. The van der Waals surface area contributed by atoms with E-state index in [1.807, 2.05) is 0 Å².